The highest BCUT2D eigenvalue weighted by molar-refractivity contribution is 5.13. The summed E-state index contributed by atoms with van der Waals surface area (Å²) < 4.78 is 0. The molecule has 0 aromatic carbocycles. The first-order valence-corrected chi connectivity index (χ1v) is 5.44. The van der Waals surface area contributed by atoms with E-state index in [9.17, 15) is 0 Å². The summed E-state index contributed by atoms with van der Waals surface area (Å²) in [6.45, 7) is 7.02. The van der Waals surface area contributed by atoms with Gasteiger partial charge < -0.3 is 10.6 Å². The Bertz CT molecular complexity index is 279. The zero-order valence-electron chi connectivity index (χ0n) is 9.90. The van der Waals surface area contributed by atoms with Gasteiger partial charge in [-0.1, -0.05) is 19.9 Å². The predicted octanol–water partition coefficient (Wildman–Crippen LogP) is 1.63. The van der Waals surface area contributed by atoms with Crippen molar-refractivity contribution in [2.75, 3.05) is 13.6 Å². The summed E-state index contributed by atoms with van der Waals surface area (Å²) in [5.74, 6) is 0.693. The van der Waals surface area contributed by atoms with Gasteiger partial charge >= 0.3 is 0 Å². The molecule has 0 saturated heterocycles. The van der Waals surface area contributed by atoms with Gasteiger partial charge in [0.1, 0.15) is 0 Å². The van der Waals surface area contributed by atoms with Gasteiger partial charge in [-0.3, -0.25) is 4.98 Å². The fourth-order valence-electron chi connectivity index (χ4n) is 1.63. The highest BCUT2D eigenvalue weighted by Gasteiger charge is 2.03. The molecule has 0 radical (unpaired) electrons. The fraction of sp³-hybridized carbons (Fsp3) is 0.583. The van der Waals surface area contributed by atoms with Crippen LogP contribution in [0.3, 0.4) is 0 Å². The van der Waals surface area contributed by atoms with Crippen LogP contribution in [0.4, 0.5) is 0 Å². The van der Waals surface area contributed by atoms with Crippen LogP contribution in [0, 0.1) is 5.92 Å². The average molecular weight is 207 g/mol. The van der Waals surface area contributed by atoms with E-state index in [4.69, 9.17) is 5.73 Å². The minimum atomic E-state index is 0.565. The van der Waals surface area contributed by atoms with Crippen LogP contribution in [0.25, 0.3) is 0 Å². The number of rotatable bonds is 5. The second-order valence-corrected chi connectivity index (χ2v) is 4.45. The van der Waals surface area contributed by atoms with Crippen molar-refractivity contribution in [1.29, 1.82) is 0 Å². The van der Waals surface area contributed by atoms with Crippen LogP contribution in [0.15, 0.2) is 18.3 Å². The van der Waals surface area contributed by atoms with Crippen LogP contribution in [-0.4, -0.2) is 23.5 Å². The predicted molar refractivity (Wildman–Crippen MR) is 63.3 cm³/mol. The SMILES string of the molecule is CC(C)CN(C)Cc1ccc(CN)cn1. The van der Waals surface area contributed by atoms with E-state index in [1.807, 2.05) is 12.3 Å². The molecule has 1 heterocycles. The Labute approximate surface area is 92.3 Å². The van der Waals surface area contributed by atoms with Crippen LogP contribution in [0.2, 0.25) is 0 Å². The summed E-state index contributed by atoms with van der Waals surface area (Å²) >= 11 is 0. The van der Waals surface area contributed by atoms with Crippen molar-refractivity contribution in [2.24, 2.45) is 11.7 Å². The van der Waals surface area contributed by atoms with E-state index in [-0.39, 0.29) is 0 Å². The van der Waals surface area contributed by atoms with E-state index in [1.165, 1.54) is 0 Å². The molecule has 84 valence electrons. The van der Waals surface area contributed by atoms with Crippen LogP contribution in [0.5, 0.6) is 0 Å². The second kappa shape index (κ2) is 5.83. The zero-order valence-corrected chi connectivity index (χ0v) is 9.90. The maximum absolute atomic E-state index is 5.52. The van der Waals surface area contributed by atoms with Crippen molar-refractivity contribution in [1.82, 2.24) is 9.88 Å². The van der Waals surface area contributed by atoms with Gasteiger partial charge in [0.05, 0.1) is 5.69 Å². The third kappa shape index (κ3) is 4.40. The number of hydrogen-bond acceptors (Lipinski definition) is 3. The number of nitrogens with zero attached hydrogens (tertiary/aromatic N) is 2. The Hall–Kier alpha value is -0.930. The molecular formula is C12H21N3. The van der Waals surface area contributed by atoms with Gasteiger partial charge in [-0.25, -0.2) is 0 Å². The summed E-state index contributed by atoms with van der Waals surface area (Å²) in [5, 5.41) is 0. The van der Waals surface area contributed by atoms with Crippen LogP contribution in [-0.2, 0) is 13.1 Å². The Morgan fingerprint density at radius 3 is 2.60 bits per heavy atom. The lowest BCUT2D eigenvalue weighted by atomic mass is 10.2. The third-order valence-corrected chi connectivity index (χ3v) is 2.23. The lowest BCUT2D eigenvalue weighted by Gasteiger charge is -2.18. The molecule has 1 aromatic heterocycles. The molecule has 0 bridgehead atoms. The molecule has 1 rings (SSSR count). The van der Waals surface area contributed by atoms with Gasteiger partial charge in [0, 0.05) is 25.8 Å². The third-order valence-electron chi connectivity index (χ3n) is 2.23. The Morgan fingerprint density at radius 1 is 1.40 bits per heavy atom. The average Bonchev–Trinajstić information content (AvgIpc) is 2.17. The summed E-state index contributed by atoms with van der Waals surface area (Å²) in [6, 6.07) is 4.10. The zero-order chi connectivity index (χ0) is 11.3. The molecule has 0 aliphatic heterocycles. The summed E-state index contributed by atoms with van der Waals surface area (Å²) in [4.78, 5) is 6.66. The number of nitrogens with two attached hydrogens (primary N) is 1. The van der Waals surface area contributed by atoms with Gasteiger partial charge in [0.15, 0.2) is 0 Å². The first-order valence-electron chi connectivity index (χ1n) is 5.44. The minimum absolute atomic E-state index is 0.565. The van der Waals surface area contributed by atoms with E-state index in [1.54, 1.807) is 0 Å². The number of aromatic nitrogens is 1. The van der Waals surface area contributed by atoms with E-state index < -0.39 is 0 Å². The molecule has 3 heteroatoms. The fourth-order valence-corrected chi connectivity index (χ4v) is 1.63. The monoisotopic (exact) mass is 207 g/mol. The first kappa shape index (κ1) is 12.1. The highest BCUT2D eigenvalue weighted by Crippen LogP contribution is 2.04. The lowest BCUT2D eigenvalue weighted by Crippen LogP contribution is -2.23. The minimum Gasteiger partial charge on any atom is -0.326 e. The maximum Gasteiger partial charge on any atom is 0.0544 e. The van der Waals surface area contributed by atoms with Crippen molar-refractivity contribution in [3.8, 4) is 0 Å². The van der Waals surface area contributed by atoms with Crippen molar-refractivity contribution in [2.45, 2.75) is 26.9 Å². The molecule has 0 amide bonds. The van der Waals surface area contributed by atoms with Crippen molar-refractivity contribution >= 4 is 0 Å². The smallest absolute Gasteiger partial charge is 0.0544 e. The van der Waals surface area contributed by atoms with Crippen molar-refractivity contribution < 1.29 is 0 Å². The summed E-state index contributed by atoms with van der Waals surface area (Å²) in [7, 11) is 2.12. The lowest BCUT2D eigenvalue weighted by molar-refractivity contribution is 0.285. The molecule has 0 fully saturated rings. The molecule has 15 heavy (non-hydrogen) atoms. The Balaban J connectivity index is 2.49. The standard InChI is InChI=1S/C12H21N3/c1-10(2)8-15(3)9-12-5-4-11(6-13)7-14-12/h4-5,7,10H,6,8-9,13H2,1-3H3. The van der Waals surface area contributed by atoms with Gasteiger partial charge in [0.25, 0.3) is 0 Å². The molecular weight excluding hydrogens is 186 g/mol. The molecule has 1 aromatic rings. The summed E-state index contributed by atoms with van der Waals surface area (Å²) in [6.07, 6.45) is 1.86. The van der Waals surface area contributed by atoms with Crippen LogP contribution < -0.4 is 5.73 Å². The normalized spacial score (nSPS) is 11.3. The van der Waals surface area contributed by atoms with Gasteiger partial charge in [-0.15, -0.1) is 0 Å². The van der Waals surface area contributed by atoms with Crippen LogP contribution in [0.1, 0.15) is 25.1 Å². The topological polar surface area (TPSA) is 42.1 Å². The second-order valence-electron chi connectivity index (χ2n) is 4.45. The Morgan fingerprint density at radius 2 is 2.13 bits per heavy atom. The molecule has 0 spiro atoms. The molecule has 0 aliphatic rings. The number of pyridine rings is 1. The van der Waals surface area contributed by atoms with Crippen molar-refractivity contribution in [3.63, 3.8) is 0 Å². The largest absolute Gasteiger partial charge is 0.326 e. The Kier molecular flexibility index (Phi) is 4.72. The first-order chi connectivity index (χ1) is 7.11. The molecule has 3 nitrogen and oxygen atoms in total. The maximum atomic E-state index is 5.52. The van der Waals surface area contributed by atoms with E-state index in [2.05, 4.69) is 36.8 Å². The van der Waals surface area contributed by atoms with Gasteiger partial charge in [0.2, 0.25) is 0 Å². The molecule has 2 N–H and O–H groups in total. The number of hydrogen-bond donors (Lipinski definition) is 1. The molecule has 0 atom stereocenters. The quantitative estimate of drug-likeness (QED) is 0.798. The van der Waals surface area contributed by atoms with E-state index >= 15 is 0 Å². The van der Waals surface area contributed by atoms with Crippen LogP contribution >= 0.6 is 0 Å². The van der Waals surface area contributed by atoms with E-state index in [0.29, 0.717) is 12.5 Å². The highest BCUT2D eigenvalue weighted by atomic mass is 15.1. The molecule has 0 unspecified atom stereocenters. The van der Waals surface area contributed by atoms with Crippen molar-refractivity contribution in [3.05, 3.63) is 29.6 Å². The summed E-state index contributed by atoms with van der Waals surface area (Å²) in [5.41, 5.74) is 7.71. The van der Waals surface area contributed by atoms with E-state index in [0.717, 1.165) is 24.3 Å². The molecule has 0 aliphatic carbocycles. The molecule has 0 saturated carbocycles. The van der Waals surface area contributed by atoms with Gasteiger partial charge in [-0.05, 0) is 24.6 Å². The van der Waals surface area contributed by atoms with Gasteiger partial charge in [-0.2, -0.15) is 0 Å².